The third-order valence-corrected chi connectivity index (χ3v) is 2.59. The lowest BCUT2D eigenvalue weighted by atomic mass is 10.2. The van der Waals surface area contributed by atoms with Gasteiger partial charge < -0.3 is 4.52 Å². The van der Waals surface area contributed by atoms with Crippen LogP contribution < -0.4 is 10.9 Å². The molecule has 19 heavy (non-hydrogen) atoms. The van der Waals surface area contributed by atoms with E-state index in [0.717, 1.165) is 0 Å². The number of carbonyl (C=O) groups excluding carboxylic acids is 2. The SMILES string of the molecule is Cc1cc(C(=O)NNC(=O)c2ccccc2Cl)on1. The average Bonchev–Trinajstić information content (AvgIpc) is 2.83. The maximum absolute atomic E-state index is 11.7. The molecule has 0 atom stereocenters. The monoisotopic (exact) mass is 279 g/mol. The Morgan fingerprint density at radius 3 is 2.53 bits per heavy atom. The van der Waals surface area contributed by atoms with Crippen LogP contribution in [-0.2, 0) is 0 Å². The minimum absolute atomic E-state index is 0.0111. The summed E-state index contributed by atoms with van der Waals surface area (Å²) in [6.07, 6.45) is 0. The number of aryl methyl sites for hydroxylation is 1. The van der Waals surface area contributed by atoms with E-state index in [1.807, 2.05) is 0 Å². The highest BCUT2D eigenvalue weighted by Crippen LogP contribution is 2.14. The topological polar surface area (TPSA) is 84.2 Å². The van der Waals surface area contributed by atoms with Gasteiger partial charge in [-0.2, -0.15) is 0 Å². The molecule has 1 aromatic carbocycles. The van der Waals surface area contributed by atoms with Crippen molar-refractivity contribution in [2.45, 2.75) is 6.92 Å². The first-order valence-corrected chi connectivity index (χ1v) is 5.74. The van der Waals surface area contributed by atoms with Crippen molar-refractivity contribution >= 4 is 23.4 Å². The molecule has 1 heterocycles. The zero-order valence-electron chi connectivity index (χ0n) is 9.94. The second-order valence-electron chi connectivity index (χ2n) is 3.72. The van der Waals surface area contributed by atoms with E-state index in [0.29, 0.717) is 10.7 Å². The molecule has 0 unspecified atom stereocenters. The standard InChI is InChI=1S/C12H10ClN3O3/c1-7-6-10(19-16-7)12(18)15-14-11(17)8-4-2-3-5-9(8)13/h2-6H,1H3,(H,14,17)(H,15,18). The Balaban J connectivity index is 1.98. The summed E-state index contributed by atoms with van der Waals surface area (Å²) >= 11 is 5.85. The van der Waals surface area contributed by atoms with Gasteiger partial charge in [-0.1, -0.05) is 28.9 Å². The number of halogens is 1. The second kappa shape index (κ2) is 5.53. The minimum atomic E-state index is -0.596. The van der Waals surface area contributed by atoms with Crippen molar-refractivity contribution in [2.24, 2.45) is 0 Å². The zero-order chi connectivity index (χ0) is 13.8. The fourth-order valence-electron chi connectivity index (χ4n) is 1.36. The van der Waals surface area contributed by atoms with Gasteiger partial charge in [0.2, 0.25) is 5.76 Å². The molecule has 2 aromatic rings. The number of nitrogens with one attached hydrogen (secondary N) is 2. The number of aromatic nitrogens is 1. The fraction of sp³-hybridized carbons (Fsp3) is 0.0833. The Morgan fingerprint density at radius 2 is 1.89 bits per heavy atom. The van der Waals surface area contributed by atoms with E-state index in [9.17, 15) is 9.59 Å². The van der Waals surface area contributed by atoms with Gasteiger partial charge in [-0.05, 0) is 19.1 Å². The summed E-state index contributed by atoms with van der Waals surface area (Å²) in [7, 11) is 0. The predicted octanol–water partition coefficient (Wildman–Crippen LogP) is 1.71. The highest BCUT2D eigenvalue weighted by molar-refractivity contribution is 6.33. The van der Waals surface area contributed by atoms with Gasteiger partial charge >= 0.3 is 5.91 Å². The van der Waals surface area contributed by atoms with Crippen molar-refractivity contribution in [3.63, 3.8) is 0 Å². The zero-order valence-corrected chi connectivity index (χ0v) is 10.7. The van der Waals surface area contributed by atoms with E-state index in [1.54, 1.807) is 31.2 Å². The molecule has 0 fully saturated rings. The highest BCUT2D eigenvalue weighted by atomic mass is 35.5. The molecule has 0 aliphatic rings. The van der Waals surface area contributed by atoms with Crippen molar-refractivity contribution in [2.75, 3.05) is 0 Å². The molecular formula is C12H10ClN3O3. The van der Waals surface area contributed by atoms with Crippen LogP contribution in [-0.4, -0.2) is 17.0 Å². The molecule has 0 aliphatic carbocycles. The Morgan fingerprint density at radius 1 is 1.21 bits per heavy atom. The Kier molecular flexibility index (Phi) is 3.82. The lowest BCUT2D eigenvalue weighted by Crippen LogP contribution is -2.41. The molecule has 0 bridgehead atoms. The Bertz CT molecular complexity index is 624. The highest BCUT2D eigenvalue weighted by Gasteiger charge is 2.14. The van der Waals surface area contributed by atoms with E-state index in [-0.39, 0.29) is 11.3 Å². The normalized spacial score (nSPS) is 10.0. The summed E-state index contributed by atoms with van der Waals surface area (Å²) in [4.78, 5) is 23.3. The number of nitrogens with zero attached hydrogens (tertiary/aromatic N) is 1. The van der Waals surface area contributed by atoms with E-state index in [2.05, 4.69) is 16.0 Å². The molecule has 98 valence electrons. The van der Waals surface area contributed by atoms with E-state index in [4.69, 9.17) is 16.1 Å². The molecule has 0 aliphatic heterocycles. The summed E-state index contributed by atoms with van der Waals surface area (Å²) in [5.74, 6) is -1.10. The maximum atomic E-state index is 11.7. The summed E-state index contributed by atoms with van der Waals surface area (Å²) in [6.45, 7) is 1.68. The Hall–Kier alpha value is -2.34. The molecule has 0 saturated carbocycles. The van der Waals surface area contributed by atoms with Crippen LogP contribution in [0.5, 0.6) is 0 Å². The van der Waals surface area contributed by atoms with E-state index in [1.165, 1.54) is 6.07 Å². The Labute approximate surface area is 113 Å². The van der Waals surface area contributed by atoms with Crippen LogP contribution in [0.4, 0.5) is 0 Å². The quantitative estimate of drug-likeness (QED) is 0.820. The van der Waals surface area contributed by atoms with Crippen molar-refractivity contribution in [3.8, 4) is 0 Å². The van der Waals surface area contributed by atoms with Crippen LogP contribution in [0.15, 0.2) is 34.9 Å². The number of hydrogen-bond acceptors (Lipinski definition) is 4. The molecular weight excluding hydrogens is 270 g/mol. The van der Waals surface area contributed by atoms with Gasteiger partial charge in [-0.15, -0.1) is 0 Å². The average molecular weight is 280 g/mol. The number of benzene rings is 1. The largest absolute Gasteiger partial charge is 0.351 e. The van der Waals surface area contributed by atoms with Gasteiger partial charge in [0.25, 0.3) is 5.91 Å². The number of hydrazine groups is 1. The van der Waals surface area contributed by atoms with Crippen LogP contribution in [0.25, 0.3) is 0 Å². The van der Waals surface area contributed by atoms with Gasteiger partial charge in [0.1, 0.15) is 0 Å². The van der Waals surface area contributed by atoms with Gasteiger partial charge in [0.05, 0.1) is 16.3 Å². The molecule has 0 saturated heterocycles. The molecule has 0 radical (unpaired) electrons. The molecule has 6 nitrogen and oxygen atoms in total. The second-order valence-corrected chi connectivity index (χ2v) is 4.13. The molecule has 2 rings (SSSR count). The van der Waals surface area contributed by atoms with Crippen molar-refractivity contribution in [1.29, 1.82) is 0 Å². The lowest BCUT2D eigenvalue weighted by Gasteiger charge is -2.06. The first-order valence-electron chi connectivity index (χ1n) is 5.36. The number of amides is 2. The van der Waals surface area contributed by atoms with E-state index >= 15 is 0 Å². The number of hydrogen-bond donors (Lipinski definition) is 2. The molecule has 7 heteroatoms. The maximum Gasteiger partial charge on any atom is 0.308 e. The first kappa shape index (κ1) is 13.1. The summed E-state index contributed by atoms with van der Waals surface area (Å²) in [6, 6.07) is 7.95. The van der Waals surface area contributed by atoms with Crippen LogP contribution in [0, 0.1) is 6.92 Å². The molecule has 0 spiro atoms. The van der Waals surface area contributed by atoms with Crippen molar-refractivity contribution in [3.05, 3.63) is 52.4 Å². The number of carbonyl (C=O) groups is 2. The summed E-state index contributed by atoms with van der Waals surface area (Å²) < 4.78 is 4.75. The first-order chi connectivity index (χ1) is 9.08. The smallest absolute Gasteiger partial charge is 0.308 e. The molecule has 2 amide bonds. The summed E-state index contributed by atoms with van der Waals surface area (Å²) in [5, 5.41) is 3.86. The van der Waals surface area contributed by atoms with Crippen LogP contribution in [0.3, 0.4) is 0 Å². The van der Waals surface area contributed by atoms with E-state index < -0.39 is 11.8 Å². The fourth-order valence-corrected chi connectivity index (χ4v) is 1.58. The van der Waals surface area contributed by atoms with Crippen molar-refractivity contribution < 1.29 is 14.1 Å². The lowest BCUT2D eigenvalue weighted by molar-refractivity contribution is 0.0825. The van der Waals surface area contributed by atoms with Gasteiger partial charge in [0, 0.05) is 6.07 Å². The number of rotatable bonds is 2. The van der Waals surface area contributed by atoms with Gasteiger partial charge in [-0.3, -0.25) is 20.4 Å². The minimum Gasteiger partial charge on any atom is -0.351 e. The van der Waals surface area contributed by atoms with Gasteiger partial charge in [0.15, 0.2) is 0 Å². The third-order valence-electron chi connectivity index (χ3n) is 2.26. The van der Waals surface area contributed by atoms with Crippen LogP contribution >= 0.6 is 11.6 Å². The molecule has 1 aromatic heterocycles. The third kappa shape index (κ3) is 3.11. The predicted molar refractivity (Wildman–Crippen MR) is 67.6 cm³/mol. The molecule has 2 N–H and O–H groups in total. The van der Waals surface area contributed by atoms with Crippen LogP contribution in [0.1, 0.15) is 26.6 Å². The van der Waals surface area contributed by atoms with Gasteiger partial charge in [-0.25, -0.2) is 0 Å². The van der Waals surface area contributed by atoms with Crippen molar-refractivity contribution in [1.82, 2.24) is 16.0 Å². The summed E-state index contributed by atoms with van der Waals surface area (Å²) in [5.41, 5.74) is 5.28. The van der Waals surface area contributed by atoms with Crippen LogP contribution in [0.2, 0.25) is 5.02 Å².